The number of amides is 1. The quantitative estimate of drug-likeness (QED) is 0.872. The highest BCUT2D eigenvalue weighted by atomic mass is 19.1. The van der Waals surface area contributed by atoms with Gasteiger partial charge in [-0.25, -0.2) is 4.39 Å². The van der Waals surface area contributed by atoms with E-state index in [-0.39, 0.29) is 23.8 Å². The number of carbonyl (C=O) groups is 1. The molecule has 1 amide bonds. The predicted octanol–water partition coefficient (Wildman–Crippen LogP) is 2.34. The van der Waals surface area contributed by atoms with Gasteiger partial charge in [-0.1, -0.05) is 12.1 Å². The Hall–Kier alpha value is -1.42. The number of carbonyl (C=O) groups excluding carboxylic acids is 1. The first kappa shape index (κ1) is 14.6. The normalized spacial score (nSPS) is 14.1. The maximum atomic E-state index is 12.8. The molecule has 100 valence electrons. The molecule has 1 N–H and O–H groups in total. The lowest BCUT2D eigenvalue weighted by atomic mass is 10.1. The van der Waals surface area contributed by atoms with Gasteiger partial charge >= 0.3 is 0 Å². The highest BCUT2D eigenvalue weighted by Crippen LogP contribution is 2.13. The first-order valence-electron chi connectivity index (χ1n) is 6.22. The number of benzene rings is 1. The third kappa shape index (κ3) is 3.81. The molecule has 18 heavy (non-hydrogen) atoms. The molecule has 0 aliphatic carbocycles. The average molecular weight is 252 g/mol. The SMILES string of the molecule is CCN(C)C(=O)C(C)NC(C)c1ccc(F)cc1. The fraction of sp³-hybridized carbons (Fsp3) is 0.500. The molecular formula is C14H21FN2O. The molecule has 0 aliphatic rings. The lowest BCUT2D eigenvalue weighted by Gasteiger charge is -2.24. The zero-order valence-corrected chi connectivity index (χ0v) is 11.4. The van der Waals surface area contributed by atoms with Gasteiger partial charge in [0, 0.05) is 19.6 Å². The molecule has 0 saturated heterocycles. The monoisotopic (exact) mass is 252 g/mol. The van der Waals surface area contributed by atoms with Crippen molar-refractivity contribution in [2.24, 2.45) is 0 Å². The smallest absolute Gasteiger partial charge is 0.239 e. The van der Waals surface area contributed by atoms with E-state index in [1.807, 2.05) is 20.8 Å². The number of hydrogen-bond acceptors (Lipinski definition) is 2. The Bertz CT molecular complexity index is 391. The molecule has 0 spiro atoms. The van der Waals surface area contributed by atoms with Crippen LogP contribution in [0.15, 0.2) is 24.3 Å². The molecule has 1 aromatic carbocycles. The van der Waals surface area contributed by atoms with Gasteiger partial charge in [-0.3, -0.25) is 10.1 Å². The molecule has 0 fully saturated rings. The Morgan fingerprint density at radius 3 is 2.39 bits per heavy atom. The van der Waals surface area contributed by atoms with E-state index >= 15 is 0 Å². The van der Waals surface area contributed by atoms with Gasteiger partial charge in [0.1, 0.15) is 5.82 Å². The summed E-state index contributed by atoms with van der Waals surface area (Å²) in [6, 6.07) is 6.07. The number of nitrogens with one attached hydrogen (secondary N) is 1. The summed E-state index contributed by atoms with van der Waals surface area (Å²) in [6.45, 7) is 6.43. The van der Waals surface area contributed by atoms with E-state index in [0.29, 0.717) is 6.54 Å². The third-order valence-corrected chi connectivity index (χ3v) is 3.09. The molecule has 0 saturated carbocycles. The first-order chi connectivity index (χ1) is 8.45. The summed E-state index contributed by atoms with van der Waals surface area (Å²) in [5.74, 6) is -0.188. The van der Waals surface area contributed by atoms with Crippen LogP contribution in [0.3, 0.4) is 0 Å². The number of likely N-dealkylation sites (N-methyl/N-ethyl adjacent to an activating group) is 1. The molecule has 4 heteroatoms. The van der Waals surface area contributed by atoms with Gasteiger partial charge < -0.3 is 4.90 Å². The van der Waals surface area contributed by atoms with Gasteiger partial charge in [-0.15, -0.1) is 0 Å². The first-order valence-corrected chi connectivity index (χ1v) is 6.22. The van der Waals surface area contributed by atoms with E-state index in [9.17, 15) is 9.18 Å². The van der Waals surface area contributed by atoms with Crippen LogP contribution in [-0.4, -0.2) is 30.4 Å². The number of hydrogen-bond donors (Lipinski definition) is 1. The Labute approximate surface area is 108 Å². The number of halogens is 1. The van der Waals surface area contributed by atoms with Crippen LogP contribution in [0.1, 0.15) is 32.4 Å². The summed E-state index contributed by atoms with van der Waals surface area (Å²) in [4.78, 5) is 13.6. The highest BCUT2D eigenvalue weighted by molar-refractivity contribution is 5.81. The molecule has 0 aromatic heterocycles. The molecule has 3 nitrogen and oxygen atoms in total. The minimum Gasteiger partial charge on any atom is -0.345 e. The van der Waals surface area contributed by atoms with E-state index in [4.69, 9.17) is 0 Å². The van der Waals surface area contributed by atoms with Crippen LogP contribution in [-0.2, 0) is 4.79 Å². The molecule has 0 bridgehead atoms. The standard InChI is InChI=1S/C14H21FN2O/c1-5-17(4)14(18)11(3)16-10(2)12-6-8-13(15)9-7-12/h6-11,16H,5H2,1-4H3. The van der Waals surface area contributed by atoms with Crippen LogP contribution >= 0.6 is 0 Å². The Balaban J connectivity index is 2.61. The predicted molar refractivity (Wildman–Crippen MR) is 70.7 cm³/mol. The fourth-order valence-electron chi connectivity index (χ4n) is 1.78. The summed E-state index contributed by atoms with van der Waals surface area (Å²) in [5, 5.41) is 3.22. The molecule has 1 aromatic rings. The van der Waals surface area contributed by atoms with Crippen molar-refractivity contribution in [3.05, 3.63) is 35.6 Å². The van der Waals surface area contributed by atoms with Crippen LogP contribution in [0.4, 0.5) is 4.39 Å². The van der Waals surface area contributed by atoms with Crippen molar-refractivity contribution in [2.45, 2.75) is 32.9 Å². The second kappa shape index (κ2) is 6.50. The molecule has 2 unspecified atom stereocenters. The maximum Gasteiger partial charge on any atom is 0.239 e. The molecular weight excluding hydrogens is 231 g/mol. The Morgan fingerprint density at radius 2 is 1.89 bits per heavy atom. The van der Waals surface area contributed by atoms with Crippen molar-refractivity contribution in [3.8, 4) is 0 Å². The minimum absolute atomic E-state index is 0.00908. The van der Waals surface area contributed by atoms with E-state index < -0.39 is 0 Å². The summed E-state index contributed by atoms with van der Waals surface area (Å²) in [6.07, 6.45) is 0. The van der Waals surface area contributed by atoms with Gasteiger partial charge in [0.25, 0.3) is 0 Å². The largest absolute Gasteiger partial charge is 0.345 e. The van der Waals surface area contributed by atoms with Crippen molar-refractivity contribution in [2.75, 3.05) is 13.6 Å². The summed E-state index contributed by atoms with van der Waals surface area (Å²) >= 11 is 0. The number of rotatable bonds is 5. The molecule has 0 heterocycles. The number of nitrogens with zero attached hydrogens (tertiary/aromatic N) is 1. The van der Waals surface area contributed by atoms with E-state index in [1.165, 1.54) is 12.1 Å². The van der Waals surface area contributed by atoms with Gasteiger partial charge in [-0.2, -0.15) is 0 Å². The topological polar surface area (TPSA) is 32.3 Å². The van der Waals surface area contributed by atoms with Crippen molar-refractivity contribution < 1.29 is 9.18 Å². The summed E-state index contributed by atoms with van der Waals surface area (Å²) < 4.78 is 12.8. The molecule has 0 aliphatic heterocycles. The van der Waals surface area contributed by atoms with Crippen molar-refractivity contribution >= 4 is 5.91 Å². The second-order valence-corrected chi connectivity index (χ2v) is 4.51. The van der Waals surface area contributed by atoms with Gasteiger partial charge in [0.05, 0.1) is 6.04 Å². The van der Waals surface area contributed by atoms with Crippen LogP contribution in [0.2, 0.25) is 0 Å². The van der Waals surface area contributed by atoms with Crippen molar-refractivity contribution in [1.82, 2.24) is 10.2 Å². The van der Waals surface area contributed by atoms with Gasteiger partial charge in [0.15, 0.2) is 0 Å². The van der Waals surface area contributed by atoms with Crippen LogP contribution in [0, 0.1) is 5.82 Å². The summed E-state index contributed by atoms with van der Waals surface area (Å²) in [5.41, 5.74) is 0.968. The highest BCUT2D eigenvalue weighted by Gasteiger charge is 2.18. The molecule has 2 atom stereocenters. The van der Waals surface area contributed by atoms with Gasteiger partial charge in [0.2, 0.25) is 5.91 Å². The van der Waals surface area contributed by atoms with Crippen LogP contribution < -0.4 is 5.32 Å². The molecule has 1 rings (SSSR count). The van der Waals surface area contributed by atoms with Gasteiger partial charge in [-0.05, 0) is 38.5 Å². The van der Waals surface area contributed by atoms with E-state index in [1.54, 1.807) is 24.1 Å². The van der Waals surface area contributed by atoms with E-state index in [0.717, 1.165) is 5.56 Å². The van der Waals surface area contributed by atoms with Crippen LogP contribution in [0.5, 0.6) is 0 Å². The average Bonchev–Trinajstić information content (AvgIpc) is 2.37. The lowest BCUT2D eigenvalue weighted by Crippen LogP contribution is -2.43. The maximum absolute atomic E-state index is 12.8. The summed E-state index contributed by atoms with van der Waals surface area (Å²) in [7, 11) is 1.78. The second-order valence-electron chi connectivity index (χ2n) is 4.51. The van der Waals surface area contributed by atoms with Crippen LogP contribution in [0.25, 0.3) is 0 Å². The van der Waals surface area contributed by atoms with E-state index in [2.05, 4.69) is 5.32 Å². The molecule has 0 radical (unpaired) electrons. The zero-order valence-electron chi connectivity index (χ0n) is 11.4. The van der Waals surface area contributed by atoms with Crippen molar-refractivity contribution in [1.29, 1.82) is 0 Å². The fourth-order valence-corrected chi connectivity index (χ4v) is 1.78. The minimum atomic E-state index is -0.255. The zero-order chi connectivity index (χ0) is 13.7. The third-order valence-electron chi connectivity index (χ3n) is 3.09. The lowest BCUT2D eigenvalue weighted by molar-refractivity contribution is -0.131. The Morgan fingerprint density at radius 1 is 1.33 bits per heavy atom. The van der Waals surface area contributed by atoms with Crippen molar-refractivity contribution in [3.63, 3.8) is 0 Å². The Kier molecular flexibility index (Phi) is 5.28.